The van der Waals surface area contributed by atoms with Crippen LogP contribution >= 0.6 is 0 Å². The van der Waals surface area contributed by atoms with Crippen molar-refractivity contribution in [3.63, 3.8) is 0 Å². The Bertz CT molecular complexity index is 1130. The van der Waals surface area contributed by atoms with E-state index in [1.807, 2.05) is 69.3 Å². The number of allylic oxidation sites excluding steroid dienone is 1. The van der Waals surface area contributed by atoms with Gasteiger partial charge in [-0.2, -0.15) is 4.68 Å². The Morgan fingerprint density at radius 1 is 1.06 bits per heavy atom. The predicted octanol–water partition coefficient (Wildman–Crippen LogP) is 3.50. The van der Waals surface area contributed by atoms with E-state index < -0.39 is 12.0 Å². The first-order valence-corrected chi connectivity index (χ1v) is 10.5. The number of nitrogens with zero attached hydrogens (tertiary/aromatic N) is 4. The SMILES string of the molecule is CCOc1ccc([C@@H]2C(C(=O)OCc3ccccc3)=C(C)Nc3nnnn32)cc1OCC. The molecule has 0 fully saturated rings. The van der Waals surface area contributed by atoms with Crippen molar-refractivity contribution in [3.05, 3.63) is 70.9 Å². The zero-order chi connectivity index (χ0) is 22.5. The lowest BCUT2D eigenvalue weighted by atomic mass is 9.95. The third-order valence-corrected chi connectivity index (χ3v) is 5.03. The first-order chi connectivity index (χ1) is 15.6. The van der Waals surface area contributed by atoms with Crippen molar-refractivity contribution < 1.29 is 19.0 Å². The van der Waals surface area contributed by atoms with Crippen LogP contribution < -0.4 is 14.8 Å². The fourth-order valence-corrected chi connectivity index (χ4v) is 3.62. The van der Waals surface area contributed by atoms with E-state index in [2.05, 4.69) is 20.8 Å². The molecule has 0 radical (unpaired) electrons. The zero-order valence-corrected chi connectivity index (χ0v) is 18.2. The van der Waals surface area contributed by atoms with Gasteiger partial charge in [0.1, 0.15) is 12.6 Å². The Hall–Kier alpha value is -3.88. The van der Waals surface area contributed by atoms with Gasteiger partial charge in [-0.3, -0.25) is 0 Å². The van der Waals surface area contributed by atoms with Crippen LogP contribution in [0.2, 0.25) is 0 Å². The van der Waals surface area contributed by atoms with E-state index in [4.69, 9.17) is 14.2 Å². The van der Waals surface area contributed by atoms with Crippen LogP contribution in [0.5, 0.6) is 11.5 Å². The van der Waals surface area contributed by atoms with Gasteiger partial charge in [-0.25, -0.2) is 4.79 Å². The third-order valence-electron chi connectivity index (χ3n) is 5.03. The van der Waals surface area contributed by atoms with Gasteiger partial charge in [0.15, 0.2) is 11.5 Å². The van der Waals surface area contributed by atoms with Gasteiger partial charge in [-0.1, -0.05) is 41.5 Å². The molecule has 1 atom stereocenters. The Labute approximate surface area is 186 Å². The standard InChI is InChI=1S/C23H25N5O4/c1-4-30-18-12-11-17(13-19(18)31-5-2)21-20(15(3)24-23-25-26-27-28(21)23)22(29)32-14-16-9-7-6-8-10-16/h6-13,21H,4-5,14H2,1-3H3,(H,24,25,27)/t21-/m1/s1. The average molecular weight is 435 g/mol. The fraction of sp³-hybridized carbons (Fsp3) is 0.304. The second-order valence-electron chi connectivity index (χ2n) is 7.15. The molecule has 0 bridgehead atoms. The number of hydrogen-bond donors (Lipinski definition) is 1. The van der Waals surface area contributed by atoms with E-state index >= 15 is 0 Å². The minimum absolute atomic E-state index is 0.166. The molecule has 0 unspecified atom stereocenters. The summed E-state index contributed by atoms with van der Waals surface area (Å²) in [4.78, 5) is 13.2. The summed E-state index contributed by atoms with van der Waals surface area (Å²) < 4.78 is 18.7. The van der Waals surface area contributed by atoms with Gasteiger partial charge >= 0.3 is 5.97 Å². The molecule has 0 spiro atoms. The van der Waals surface area contributed by atoms with Gasteiger partial charge in [-0.05, 0) is 54.5 Å². The first-order valence-electron chi connectivity index (χ1n) is 10.5. The maximum absolute atomic E-state index is 13.2. The lowest BCUT2D eigenvalue weighted by molar-refractivity contribution is -0.140. The van der Waals surface area contributed by atoms with Gasteiger partial charge in [0, 0.05) is 5.70 Å². The molecular weight excluding hydrogens is 410 g/mol. The van der Waals surface area contributed by atoms with Crippen LogP contribution in [0.3, 0.4) is 0 Å². The smallest absolute Gasteiger partial charge is 0.338 e. The first kappa shape index (κ1) is 21.4. The van der Waals surface area contributed by atoms with Crippen molar-refractivity contribution in [2.45, 2.75) is 33.4 Å². The van der Waals surface area contributed by atoms with Crippen molar-refractivity contribution in [2.24, 2.45) is 0 Å². The van der Waals surface area contributed by atoms with E-state index in [0.29, 0.717) is 41.9 Å². The van der Waals surface area contributed by atoms with Crippen LogP contribution in [0.1, 0.15) is 37.9 Å². The van der Waals surface area contributed by atoms with Crippen molar-refractivity contribution >= 4 is 11.9 Å². The Morgan fingerprint density at radius 3 is 2.56 bits per heavy atom. The summed E-state index contributed by atoms with van der Waals surface area (Å²) in [5.41, 5.74) is 2.73. The number of esters is 1. The number of carbonyl (C=O) groups excluding carboxylic acids is 1. The van der Waals surface area contributed by atoms with Gasteiger partial charge in [0.25, 0.3) is 0 Å². The van der Waals surface area contributed by atoms with Crippen LogP contribution in [0.15, 0.2) is 59.8 Å². The molecule has 2 heterocycles. The Kier molecular flexibility index (Phi) is 6.34. The minimum atomic E-state index is -0.584. The molecular formula is C23H25N5O4. The maximum atomic E-state index is 13.2. The van der Waals surface area contributed by atoms with E-state index in [1.165, 1.54) is 0 Å². The Morgan fingerprint density at radius 2 is 1.81 bits per heavy atom. The predicted molar refractivity (Wildman–Crippen MR) is 117 cm³/mol. The number of aromatic nitrogens is 4. The number of tetrazole rings is 1. The molecule has 0 amide bonds. The summed E-state index contributed by atoms with van der Waals surface area (Å²) >= 11 is 0. The monoisotopic (exact) mass is 435 g/mol. The average Bonchev–Trinajstić information content (AvgIpc) is 3.27. The van der Waals surface area contributed by atoms with E-state index in [1.54, 1.807) is 4.68 Å². The number of ether oxygens (including phenoxy) is 3. The van der Waals surface area contributed by atoms with Gasteiger partial charge < -0.3 is 19.5 Å². The summed E-state index contributed by atoms with van der Waals surface area (Å²) in [6.07, 6.45) is 0. The van der Waals surface area contributed by atoms with Gasteiger partial charge in [0.2, 0.25) is 5.95 Å². The number of fused-ring (bicyclic) bond motifs is 1. The minimum Gasteiger partial charge on any atom is -0.490 e. The fourth-order valence-electron chi connectivity index (χ4n) is 3.62. The topological polar surface area (TPSA) is 100 Å². The highest BCUT2D eigenvalue weighted by molar-refractivity contribution is 5.92. The van der Waals surface area contributed by atoms with Crippen molar-refractivity contribution in [1.82, 2.24) is 20.2 Å². The van der Waals surface area contributed by atoms with Crippen LogP contribution in [0.4, 0.5) is 5.95 Å². The lowest BCUT2D eigenvalue weighted by Gasteiger charge is -2.28. The molecule has 9 heteroatoms. The molecule has 1 aliphatic heterocycles. The highest BCUT2D eigenvalue weighted by atomic mass is 16.5. The second kappa shape index (κ2) is 9.51. The highest BCUT2D eigenvalue weighted by Crippen LogP contribution is 2.38. The van der Waals surface area contributed by atoms with Crippen LogP contribution in [-0.2, 0) is 16.1 Å². The van der Waals surface area contributed by atoms with Gasteiger partial charge in [0.05, 0.1) is 18.8 Å². The number of hydrogen-bond acceptors (Lipinski definition) is 8. The molecule has 4 rings (SSSR count). The van der Waals surface area contributed by atoms with E-state index in [0.717, 1.165) is 11.1 Å². The molecule has 9 nitrogen and oxygen atoms in total. The summed E-state index contributed by atoms with van der Waals surface area (Å²) in [7, 11) is 0. The van der Waals surface area contributed by atoms with Crippen molar-refractivity contribution in [1.29, 1.82) is 0 Å². The molecule has 0 saturated carbocycles. The largest absolute Gasteiger partial charge is 0.490 e. The quantitative estimate of drug-likeness (QED) is 0.537. The number of carbonyl (C=O) groups is 1. The molecule has 166 valence electrons. The normalized spacial score (nSPS) is 15.0. The molecule has 1 aliphatic rings. The van der Waals surface area contributed by atoms with Crippen LogP contribution in [0.25, 0.3) is 0 Å². The summed E-state index contributed by atoms with van der Waals surface area (Å²) in [5, 5.41) is 15.0. The van der Waals surface area contributed by atoms with Crippen LogP contribution in [-0.4, -0.2) is 39.4 Å². The van der Waals surface area contributed by atoms with E-state index in [-0.39, 0.29) is 6.61 Å². The number of rotatable bonds is 8. The molecule has 0 saturated heterocycles. The maximum Gasteiger partial charge on any atom is 0.338 e. The second-order valence-corrected chi connectivity index (χ2v) is 7.15. The Balaban J connectivity index is 1.70. The lowest BCUT2D eigenvalue weighted by Crippen LogP contribution is -2.29. The molecule has 0 aliphatic carbocycles. The zero-order valence-electron chi connectivity index (χ0n) is 18.2. The van der Waals surface area contributed by atoms with Crippen molar-refractivity contribution in [3.8, 4) is 11.5 Å². The van der Waals surface area contributed by atoms with Gasteiger partial charge in [-0.15, -0.1) is 0 Å². The molecule has 3 aromatic rings. The number of anilines is 1. The molecule has 1 aromatic heterocycles. The third kappa shape index (κ3) is 4.27. The van der Waals surface area contributed by atoms with Crippen LogP contribution in [0, 0.1) is 0 Å². The molecule has 2 aromatic carbocycles. The molecule has 1 N–H and O–H groups in total. The molecule has 32 heavy (non-hydrogen) atoms. The highest BCUT2D eigenvalue weighted by Gasteiger charge is 2.35. The summed E-state index contributed by atoms with van der Waals surface area (Å²) in [6.45, 7) is 6.79. The van der Waals surface area contributed by atoms with E-state index in [9.17, 15) is 4.79 Å². The summed E-state index contributed by atoms with van der Waals surface area (Å²) in [6, 6.07) is 14.5. The summed E-state index contributed by atoms with van der Waals surface area (Å²) in [5.74, 6) is 1.23. The van der Waals surface area contributed by atoms with Crippen molar-refractivity contribution in [2.75, 3.05) is 18.5 Å². The number of benzene rings is 2. The number of nitrogens with one attached hydrogen (secondary N) is 1.